The van der Waals surface area contributed by atoms with Gasteiger partial charge in [-0.2, -0.15) is 0 Å². The Balaban J connectivity index is 2.07. The van der Waals surface area contributed by atoms with Gasteiger partial charge < -0.3 is 10.5 Å². The SMILES string of the molecule is Cc1c(N)cccc1OCc1ccc(I)cc1. The molecule has 2 aromatic rings. The molecule has 0 bridgehead atoms. The minimum atomic E-state index is 0.571. The number of ether oxygens (including phenoxy) is 1. The molecule has 88 valence electrons. The molecule has 2 nitrogen and oxygen atoms in total. The van der Waals surface area contributed by atoms with Crippen molar-refractivity contribution in [2.24, 2.45) is 0 Å². The largest absolute Gasteiger partial charge is 0.489 e. The van der Waals surface area contributed by atoms with Crippen LogP contribution in [0.2, 0.25) is 0 Å². The van der Waals surface area contributed by atoms with Gasteiger partial charge in [-0.25, -0.2) is 0 Å². The molecule has 0 saturated heterocycles. The second kappa shape index (κ2) is 5.40. The summed E-state index contributed by atoms with van der Waals surface area (Å²) in [5, 5.41) is 0. The standard InChI is InChI=1S/C14H14INO/c1-10-13(16)3-2-4-14(10)17-9-11-5-7-12(15)8-6-11/h2-8H,9,16H2,1H3. The molecule has 2 aromatic carbocycles. The molecule has 0 aliphatic heterocycles. The topological polar surface area (TPSA) is 35.2 Å². The third kappa shape index (κ3) is 3.12. The lowest BCUT2D eigenvalue weighted by Gasteiger charge is -2.10. The second-order valence-corrected chi connectivity index (χ2v) is 5.13. The maximum Gasteiger partial charge on any atom is 0.124 e. The van der Waals surface area contributed by atoms with Crippen LogP contribution in [-0.2, 0) is 6.61 Å². The molecule has 0 aromatic heterocycles. The van der Waals surface area contributed by atoms with Gasteiger partial charge in [0.1, 0.15) is 12.4 Å². The molecule has 0 aliphatic rings. The Hall–Kier alpha value is -1.23. The average Bonchev–Trinajstić information content (AvgIpc) is 2.33. The number of rotatable bonds is 3. The van der Waals surface area contributed by atoms with Gasteiger partial charge in [-0.05, 0) is 59.3 Å². The van der Waals surface area contributed by atoms with Crippen LogP contribution in [0.3, 0.4) is 0 Å². The molecule has 0 fully saturated rings. The Bertz CT molecular complexity index is 508. The highest BCUT2D eigenvalue weighted by molar-refractivity contribution is 14.1. The lowest BCUT2D eigenvalue weighted by molar-refractivity contribution is 0.304. The molecule has 17 heavy (non-hydrogen) atoms. The Labute approximate surface area is 115 Å². The summed E-state index contributed by atoms with van der Waals surface area (Å²) >= 11 is 2.29. The summed E-state index contributed by atoms with van der Waals surface area (Å²) in [6.45, 7) is 2.54. The zero-order valence-corrected chi connectivity index (χ0v) is 11.8. The smallest absolute Gasteiger partial charge is 0.124 e. The summed E-state index contributed by atoms with van der Waals surface area (Å²) in [7, 11) is 0. The van der Waals surface area contributed by atoms with Crippen molar-refractivity contribution in [1.82, 2.24) is 0 Å². The summed E-state index contributed by atoms with van der Waals surface area (Å²) in [5.74, 6) is 0.851. The van der Waals surface area contributed by atoms with Crippen molar-refractivity contribution in [3.8, 4) is 5.75 Å². The first-order valence-electron chi connectivity index (χ1n) is 5.39. The van der Waals surface area contributed by atoms with E-state index in [2.05, 4.69) is 46.9 Å². The van der Waals surface area contributed by atoms with E-state index in [0.29, 0.717) is 6.61 Å². The monoisotopic (exact) mass is 339 g/mol. The normalized spacial score (nSPS) is 10.2. The maximum absolute atomic E-state index is 5.83. The number of hydrogen-bond acceptors (Lipinski definition) is 2. The van der Waals surface area contributed by atoms with Crippen molar-refractivity contribution < 1.29 is 4.74 Å². The van der Waals surface area contributed by atoms with E-state index in [1.54, 1.807) is 0 Å². The van der Waals surface area contributed by atoms with Gasteiger partial charge in [0.2, 0.25) is 0 Å². The molecule has 0 atom stereocenters. The fourth-order valence-corrected chi connectivity index (χ4v) is 1.89. The third-order valence-corrected chi connectivity index (χ3v) is 3.35. The molecule has 0 radical (unpaired) electrons. The number of hydrogen-bond donors (Lipinski definition) is 1. The predicted molar refractivity (Wildman–Crippen MR) is 79.1 cm³/mol. The highest BCUT2D eigenvalue weighted by Crippen LogP contribution is 2.23. The summed E-state index contributed by atoms with van der Waals surface area (Å²) in [6, 6.07) is 14.0. The van der Waals surface area contributed by atoms with E-state index in [-0.39, 0.29) is 0 Å². The van der Waals surface area contributed by atoms with Crippen molar-refractivity contribution in [1.29, 1.82) is 0 Å². The van der Waals surface area contributed by atoms with Crippen molar-refractivity contribution in [3.63, 3.8) is 0 Å². The van der Waals surface area contributed by atoms with E-state index in [1.165, 1.54) is 3.57 Å². The van der Waals surface area contributed by atoms with Gasteiger partial charge in [-0.3, -0.25) is 0 Å². The van der Waals surface area contributed by atoms with Crippen LogP contribution < -0.4 is 10.5 Å². The molecule has 2 N–H and O–H groups in total. The average molecular weight is 339 g/mol. The number of anilines is 1. The molecule has 0 heterocycles. The second-order valence-electron chi connectivity index (χ2n) is 3.89. The first-order valence-corrected chi connectivity index (χ1v) is 6.47. The maximum atomic E-state index is 5.83. The minimum Gasteiger partial charge on any atom is -0.489 e. The van der Waals surface area contributed by atoms with Gasteiger partial charge >= 0.3 is 0 Å². The highest BCUT2D eigenvalue weighted by atomic mass is 127. The number of halogens is 1. The van der Waals surface area contributed by atoms with E-state index >= 15 is 0 Å². The molecular formula is C14H14INO. The number of benzene rings is 2. The first kappa shape index (κ1) is 12.2. The quantitative estimate of drug-likeness (QED) is 0.683. The molecule has 2 rings (SSSR count). The lowest BCUT2D eigenvalue weighted by atomic mass is 10.2. The van der Waals surface area contributed by atoms with Crippen LogP contribution in [0.4, 0.5) is 5.69 Å². The molecule has 0 spiro atoms. The summed E-state index contributed by atoms with van der Waals surface area (Å²) in [4.78, 5) is 0. The molecule has 0 saturated carbocycles. The van der Waals surface area contributed by atoms with E-state index in [4.69, 9.17) is 10.5 Å². The lowest BCUT2D eigenvalue weighted by Crippen LogP contribution is -1.99. The van der Waals surface area contributed by atoms with E-state index < -0.39 is 0 Å². The van der Waals surface area contributed by atoms with Crippen molar-refractivity contribution in [3.05, 3.63) is 57.2 Å². The van der Waals surface area contributed by atoms with Gasteiger partial charge in [0.05, 0.1) is 0 Å². The summed E-state index contributed by atoms with van der Waals surface area (Å²) < 4.78 is 6.99. The Morgan fingerprint density at radius 2 is 1.82 bits per heavy atom. The van der Waals surface area contributed by atoms with E-state index in [9.17, 15) is 0 Å². The molecule has 0 unspecified atom stereocenters. The van der Waals surface area contributed by atoms with Crippen LogP contribution in [0.1, 0.15) is 11.1 Å². The predicted octanol–water partition coefficient (Wildman–Crippen LogP) is 3.76. The summed E-state index contributed by atoms with van der Waals surface area (Å²) in [6.07, 6.45) is 0. The first-order chi connectivity index (χ1) is 8.16. The Kier molecular flexibility index (Phi) is 3.89. The zero-order chi connectivity index (χ0) is 12.3. The minimum absolute atomic E-state index is 0.571. The highest BCUT2D eigenvalue weighted by Gasteiger charge is 2.02. The third-order valence-electron chi connectivity index (χ3n) is 2.63. The Morgan fingerprint density at radius 1 is 1.12 bits per heavy atom. The van der Waals surface area contributed by atoms with E-state index in [0.717, 1.165) is 22.6 Å². The zero-order valence-electron chi connectivity index (χ0n) is 9.61. The van der Waals surface area contributed by atoms with Crippen LogP contribution in [0.25, 0.3) is 0 Å². The fraction of sp³-hybridized carbons (Fsp3) is 0.143. The fourth-order valence-electron chi connectivity index (χ4n) is 1.53. The van der Waals surface area contributed by atoms with Crippen LogP contribution in [0.5, 0.6) is 5.75 Å². The van der Waals surface area contributed by atoms with Crippen molar-refractivity contribution in [2.75, 3.05) is 5.73 Å². The summed E-state index contributed by atoms with van der Waals surface area (Å²) in [5.41, 5.74) is 8.75. The van der Waals surface area contributed by atoms with Crippen LogP contribution in [0, 0.1) is 10.5 Å². The molecule has 0 aliphatic carbocycles. The number of nitrogens with two attached hydrogens (primary N) is 1. The molecular weight excluding hydrogens is 325 g/mol. The molecule has 0 amide bonds. The van der Waals surface area contributed by atoms with Crippen LogP contribution in [0.15, 0.2) is 42.5 Å². The van der Waals surface area contributed by atoms with Gasteiger partial charge in [-0.1, -0.05) is 18.2 Å². The van der Waals surface area contributed by atoms with Gasteiger partial charge in [0.25, 0.3) is 0 Å². The Morgan fingerprint density at radius 3 is 2.53 bits per heavy atom. The van der Waals surface area contributed by atoms with Crippen LogP contribution >= 0.6 is 22.6 Å². The van der Waals surface area contributed by atoms with Gasteiger partial charge in [0, 0.05) is 14.8 Å². The van der Waals surface area contributed by atoms with Crippen molar-refractivity contribution in [2.45, 2.75) is 13.5 Å². The van der Waals surface area contributed by atoms with Crippen molar-refractivity contribution >= 4 is 28.3 Å². The van der Waals surface area contributed by atoms with Gasteiger partial charge in [-0.15, -0.1) is 0 Å². The van der Waals surface area contributed by atoms with Gasteiger partial charge in [0.15, 0.2) is 0 Å². The number of nitrogen functional groups attached to an aromatic ring is 1. The van der Waals surface area contributed by atoms with Crippen LogP contribution in [-0.4, -0.2) is 0 Å². The molecule has 3 heteroatoms. The van der Waals surface area contributed by atoms with E-state index in [1.807, 2.05) is 25.1 Å².